The van der Waals surface area contributed by atoms with Crippen molar-refractivity contribution in [3.05, 3.63) is 54.1 Å². The Bertz CT molecular complexity index is 795. The zero-order valence-corrected chi connectivity index (χ0v) is 13.1. The van der Waals surface area contributed by atoms with Gasteiger partial charge in [-0.05, 0) is 18.1 Å². The summed E-state index contributed by atoms with van der Waals surface area (Å²) >= 11 is 0. The first-order chi connectivity index (χ1) is 12.1. The quantitative estimate of drug-likeness (QED) is 0.430. The maximum atomic E-state index is 12.0. The SMILES string of the molecule is O=C(NC#Cc1ccccc1)c1cn([C@@H]2O[C@H](CO)[C@@H](O)[C@H]2O)cn1. The van der Waals surface area contributed by atoms with Crippen molar-refractivity contribution in [2.75, 3.05) is 6.61 Å². The number of amides is 1. The molecule has 3 rings (SSSR count). The Labute approximate surface area is 143 Å². The molecule has 8 nitrogen and oxygen atoms in total. The summed E-state index contributed by atoms with van der Waals surface area (Å²) in [7, 11) is 0. The number of ether oxygens (including phenoxy) is 1. The first kappa shape index (κ1) is 17.1. The summed E-state index contributed by atoms with van der Waals surface area (Å²) in [6.07, 6.45) is -1.60. The number of aliphatic hydroxyl groups excluding tert-OH is 3. The highest BCUT2D eigenvalue weighted by Gasteiger charge is 2.43. The normalized spacial score (nSPS) is 25.2. The van der Waals surface area contributed by atoms with Gasteiger partial charge in [-0.2, -0.15) is 0 Å². The number of nitrogens with zero attached hydrogens (tertiary/aromatic N) is 2. The van der Waals surface area contributed by atoms with E-state index in [9.17, 15) is 15.0 Å². The van der Waals surface area contributed by atoms with Crippen LogP contribution < -0.4 is 5.32 Å². The van der Waals surface area contributed by atoms with E-state index in [4.69, 9.17) is 9.84 Å². The van der Waals surface area contributed by atoms with Crippen LogP contribution in [0.25, 0.3) is 0 Å². The molecule has 0 saturated carbocycles. The average molecular weight is 343 g/mol. The van der Waals surface area contributed by atoms with Crippen LogP contribution in [0.2, 0.25) is 0 Å². The van der Waals surface area contributed by atoms with Crippen LogP contribution >= 0.6 is 0 Å². The van der Waals surface area contributed by atoms with Gasteiger partial charge in [-0.25, -0.2) is 4.98 Å². The van der Waals surface area contributed by atoms with Gasteiger partial charge in [0.05, 0.1) is 12.9 Å². The maximum Gasteiger partial charge on any atom is 0.282 e. The number of rotatable bonds is 3. The Morgan fingerprint density at radius 3 is 2.72 bits per heavy atom. The number of aliphatic hydroxyl groups is 3. The molecule has 0 radical (unpaired) electrons. The van der Waals surface area contributed by atoms with Crippen LogP contribution in [0, 0.1) is 12.0 Å². The van der Waals surface area contributed by atoms with Gasteiger partial charge in [-0.3, -0.25) is 10.1 Å². The van der Waals surface area contributed by atoms with E-state index in [1.54, 1.807) is 0 Å². The van der Waals surface area contributed by atoms with Gasteiger partial charge in [0, 0.05) is 17.8 Å². The van der Waals surface area contributed by atoms with Crippen molar-refractivity contribution in [1.82, 2.24) is 14.9 Å². The van der Waals surface area contributed by atoms with Crippen molar-refractivity contribution in [1.29, 1.82) is 0 Å². The first-order valence-electron chi connectivity index (χ1n) is 7.62. The third-order valence-corrected chi connectivity index (χ3v) is 3.80. The lowest BCUT2D eigenvalue weighted by molar-refractivity contribution is -0.0528. The molecule has 4 N–H and O–H groups in total. The second kappa shape index (κ2) is 7.46. The topological polar surface area (TPSA) is 117 Å². The van der Waals surface area contributed by atoms with Gasteiger partial charge in [-0.15, -0.1) is 0 Å². The fourth-order valence-electron chi connectivity index (χ4n) is 2.47. The third-order valence-electron chi connectivity index (χ3n) is 3.80. The summed E-state index contributed by atoms with van der Waals surface area (Å²) in [5.41, 5.74) is 0.847. The molecule has 0 aliphatic carbocycles. The van der Waals surface area contributed by atoms with E-state index in [2.05, 4.69) is 22.3 Å². The lowest BCUT2D eigenvalue weighted by Crippen LogP contribution is -2.33. The Morgan fingerprint density at radius 1 is 1.28 bits per heavy atom. The predicted octanol–water partition coefficient (Wildman–Crippen LogP) is -0.766. The predicted molar refractivity (Wildman–Crippen MR) is 86.0 cm³/mol. The van der Waals surface area contributed by atoms with E-state index in [-0.39, 0.29) is 5.69 Å². The molecule has 1 aliphatic heterocycles. The highest BCUT2D eigenvalue weighted by Crippen LogP contribution is 2.29. The second-order valence-electron chi connectivity index (χ2n) is 5.51. The summed E-state index contributed by atoms with van der Waals surface area (Å²) in [6, 6.07) is 11.7. The van der Waals surface area contributed by atoms with Crippen LogP contribution in [0.3, 0.4) is 0 Å². The van der Waals surface area contributed by atoms with Crippen molar-refractivity contribution in [2.24, 2.45) is 0 Å². The van der Waals surface area contributed by atoms with Crippen LogP contribution in [-0.4, -0.2) is 55.7 Å². The van der Waals surface area contributed by atoms with Crippen molar-refractivity contribution < 1.29 is 24.9 Å². The zero-order chi connectivity index (χ0) is 17.8. The second-order valence-corrected chi connectivity index (χ2v) is 5.51. The van der Waals surface area contributed by atoms with Gasteiger partial charge in [0.2, 0.25) is 0 Å². The number of hydrogen-bond donors (Lipinski definition) is 4. The minimum Gasteiger partial charge on any atom is -0.394 e. The molecule has 130 valence electrons. The number of imidazole rings is 1. The largest absolute Gasteiger partial charge is 0.394 e. The lowest BCUT2D eigenvalue weighted by atomic mass is 10.1. The third kappa shape index (κ3) is 3.70. The first-order valence-corrected chi connectivity index (χ1v) is 7.62. The van der Waals surface area contributed by atoms with E-state index in [1.807, 2.05) is 30.3 Å². The minimum atomic E-state index is -1.24. The fraction of sp³-hybridized carbons (Fsp3) is 0.294. The van der Waals surface area contributed by atoms with E-state index in [0.29, 0.717) is 0 Å². The van der Waals surface area contributed by atoms with Crippen molar-refractivity contribution in [3.8, 4) is 12.0 Å². The van der Waals surface area contributed by atoms with Crippen molar-refractivity contribution >= 4 is 5.91 Å². The molecule has 1 aliphatic rings. The van der Waals surface area contributed by atoms with Gasteiger partial charge in [0.15, 0.2) is 6.23 Å². The summed E-state index contributed by atoms with van der Waals surface area (Å²) in [5.74, 6) is 2.29. The van der Waals surface area contributed by atoms with E-state index in [1.165, 1.54) is 17.1 Å². The van der Waals surface area contributed by atoms with Gasteiger partial charge >= 0.3 is 0 Å². The molecule has 0 spiro atoms. The molecule has 4 atom stereocenters. The Kier molecular flexibility index (Phi) is 5.11. The van der Waals surface area contributed by atoms with Crippen LogP contribution in [0.4, 0.5) is 0 Å². The number of nitrogens with one attached hydrogen (secondary N) is 1. The molecular formula is C17H17N3O5. The molecule has 1 amide bonds. The molecule has 2 aromatic rings. The highest BCUT2D eigenvalue weighted by molar-refractivity contribution is 5.93. The fourth-order valence-corrected chi connectivity index (χ4v) is 2.47. The summed E-state index contributed by atoms with van der Waals surface area (Å²) in [5, 5.41) is 31.3. The van der Waals surface area contributed by atoms with Gasteiger partial charge in [-0.1, -0.05) is 18.2 Å². The highest BCUT2D eigenvalue weighted by atomic mass is 16.6. The van der Waals surface area contributed by atoms with Crippen molar-refractivity contribution in [3.63, 3.8) is 0 Å². The standard InChI is InChI=1S/C17H17N3O5/c21-9-13-14(22)15(23)17(25-13)20-8-12(19-10-20)16(24)18-7-6-11-4-2-1-3-5-11/h1-5,8,10,13-15,17,21-23H,9H2,(H,18,24)/t13-,14-,15-,17-/m1/s1. The number of benzene rings is 1. The maximum absolute atomic E-state index is 12.0. The molecule has 1 aromatic carbocycles. The average Bonchev–Trinajstić information content (AvgIpc) is 3.22. The van der Waals surface area contributed by atoms with Crippen LogP contribution in [0.15, 0.2) is 42.9 Å². The minimum absolute atomic E-state index is 0.0834. The summed E-state index contributed by atoms with van der Waals surface area (Å²) in [4.78, 5) is 16.0. The van der Waals surface area contributed by atoms with Gasteiger partial charge in [0.25, 0.3) is 5.91 Å². The zero-order valence-electron chi connectivity index (χ0n) is 13.1. The Hall–Kier alpha value is -2.70. The number of aromatic nitrogens is 2. The Balaban J connectivity index is 1.65. The van der Waals surface area contributed by atoms with E-state index >= 15 is 0 Å². The van der Waals surface area contributed by atoms with Gasteiger partial charge < -0.3 is 24.6 Å². The van der Waals surface area contributed by atoms with Gasteiger partial charge in [0.1, 0.15) is 24.0 Å². The summed E-state index contributed by atoms with van der Waals surface area (Å²) < 4.78 is 6.73. The molecule has 8 heteroatoms. The molecular weight excluding hydrogens is 326 g/mol. The number of carbonyl (C=O) groups excluding carboxylic acids is 1. The smallest absolute Gasteiger partial charge is 0.282 e. The van der Waals surface area contributed by atoms with Crippen LogP contribution in [0.1, 0.15) is 22.3 Å². The van der Waals surface area contributed by atoms with Crippen LogP contribution in [-0.2, 0) is 4.74 Å². The number of carbonyl (C=O) groups is 1. The van der Waals surface area contributed by atoms with E-state index in [0.717, 1.165) is 5.56 Å². The molecule has 0 bridgehead atoms. The molecule has 2 heterocycles. The number of hydrogen-bond acceptors (Lipinski definition) is 6. The molecule has 0 unspecified atom stereocenters. The molecule has 1 aromatic heterocycles. The van der Waals surface area contributed by atoms with Crippen LogP contribution in [0.5, 0.6) is 0 Å². The monoisotopic (exact) mass is 343 g/mol. The Morgan fingerprint density at radius 2 is 2.04 bits per heavy atom. The van der Waals surface area contributed by atoms with E-state index < -0.39 is 37.1 Å². The molecule has 1 fully saturated rings. The van der Waals surface area contributed by atoms with Crippen molar-refractivity contribution in [2.45, 2.75) is 24.5 Å². The molecule has 25 heavy (non-hydrogen) atoms. The summed E-state index contributed by atoms with van der Waals surface area (Å²) in [6.45, 7) is -0.425. The molecule has 1 saturated heterocycles. The lowest BCUT2D eigenvalue weighted by Gasteiger charge is -2.15.